The van der Waals surface area contributed by atoms with Gasteiger partial charge in [-0.05, 0) is 30.0 Å². The molecular weight excluding hydrogens is 283 g/mol. The summed E-state index contributed by atoms with van der Waals surface area (Å²) in [4.78, 5) is 4.71. The third kappa shape index (κ3) is 4.11. The Bertz CT molecular complexity index is 476. The Kier molecular flexibility index (Phi) is 4.41. The highest BCUT2D eigenvalue weighted by Crippen LogP contribution is 2.31. The Morgan fingerprint density at radius 3 is 2.74 bits per heavy atom. The molecule has 19 heavy (non-hydrogen) atoms. The molecule has 0 spiro atoms. The molecule has 0 amide bonds. The van der Waals surface area contributed by atoms with Crippen LogP contribution in [-0.4, -0.2) is 17.0 Å². The van der Waals surface area contributed by atoms with Gasteiger partial charge in [0.2, 0.25) is 0 Å². The van der Waals surface area contributed by atoms with E-state index in [1.807, 2.05) is 0 Å². The first-order valence-corrected chi connectivity index (χ1v) is 7.65. The van der Waals surface area contributed by atoms with Crippen molar-refractivity contribution in [3.05, 3.63) is 29.0 Å². The maximum absolute atomic E-state index is 13.3. The first-order valence-electron chi connectivity index (χ1n) is 6.28. The van der Waals surface area contributed by atoms with Crippen LogP contribution < -0.4 is 5.32 Å². The lowest BCUT2D eigenvalue weighted by Gasteiger charge is -2.31. The minimum absolute atomic E-state index is 0.146. The fourth-order valence-corrected chi connectivity index (χ4v) is 3.10. The van der Waals surface area contributed by atoms with E-state index in [2.05, 4.69) is 26.1 Å². The smallest absolute Gasteiger partial charge is 0.161 e. The van der Waals surface area contributed by atoms with E-state index in [-0.39, 0.29) is 11.2 Å². The lowest BCUT2D eigenvalue weighted by molar-refractivity contribution is 0.316. The lowest BCUT2D eigenvalue weighted by atomic mass is 9.85. The van der Waals surface area contributed by atoms with Gasteiger partial charge in [0.1, 0.15) is 5.82 Å². The van der Waals surface area contributed by atoms with Gasteiger partial charge in [0.05, 0.1) is 6.04 Å². The van der Waals surface area contributed by atoms with E-state index in [1.54, 1.807) is 17.8 Å². The van der Waals surface area contributed by atoms with Crippen molar-refractivity contribution in [1.29, 1.82) is 0 Å². The van der Waals surface area contributed by atoms with Crippen molar-refractivity contribution in [3.8, 4) is 0 Å². The van der Waals surface area contributed by atoms with Gasteiger partial charge in [-0.1, -0.05) is 44.1 Å². The Balaban J connectivity index is 2.16. The number of amidine groups is 1. The van der Waals surface area contributed by atoms with E-state index < -0.39 is 0 Å². The Hall–Kier alpha value is -0.740. The topological polar surface area (TPSA) is 24.4 Å². The van der Waals surface area contributed by atoms with Gasteiger partial charge < -0.3 is 5.32 Å². The Labute approximate surface area is 122 Å². The van der Waals surface area contributed by atoms with Gasteiger partial charge in [-0.2, -0.15) is 0 Å². The molecule has 1 aliphatic heterocycles. The average molecular weight is 301 g/mol. The molecule has 1 N–H and O–H groups in total. The van der Waals surface area contributed by atoms with Crippen LogP contribution in [0.1, 0.15) is 27.2 Å². The second-order valence-corrected chi connectivity index (χ2v) is 7.26. The van der Waals surface area contributed by atoms with Crippen LogP contribution in [0.15, 0.2) is 23.2 Å². The number of benzene rings is 1. The number of halogens is 2. The third-order valence-electron chi connectivity index (χ3n) is 3.02. The van der Waals surface area contributed by atoms with Crippen molar-refractivity contribution >= 4 is 34.2 Å². The fourth-order valence-electron chi connectivity index (χ4n) is 1.96. The molecule has 0 bridgehead atoms. The minimum atomic E-state index is -0.344. The van der Waals surface area contributed by atoms with Crippen LogP contribution in [0, 0.1) is 11.2 Å². The van der Waals surface area contributed by atoms with E-state index in [0.717, 1.165) is 17.3 Å². The number of hydrogen-bond donors (Lipinski definition) is 1. The number of anilines is 1. The highest BCUT2D eigenvalue weighted by atomic mass is 35.5. The molecule has 0 aliphatic carbocycles. The fraction of sp³-hybridized carbons (Fsp3) is 0.500. The molecule has 0 saturated carbocycles. The van der Waals surface area contributed by atoms with Gasteiger partial charge >= 0.3 is 0 Å². The summed E-state index contributed by atoms with van der Waals surface area (Å²) in [6.07, 6.45) is 1.07. The normalized spacial score (nSPS) is 20.1. The molecule has 0 saturated heterocycles. The average Bonchev–Trinajstić information content (AvgIpc) is 2.26. The van der Waals surface area contributed by atoms with Crippen LogP contribution in [0.2, 0.25) is 5.02 Å². The van der Waals surface area contributed by atoms with Crippen molar-refractivity contribution < 1.29 is 4.39 Å². The number of thioether (sulfide) groups is 1. The number of aliphatic imine (C=N–C) groups is 1. The summed E-state index contributed by atoms with van der Waals surface area (Å²) in [5.74, 6) is 0.681. The van der Waals surface area contributed by atoms with E-state index in [9.17, 15) is 4.39 Å². The zero-order chi connectivity index (χ0) is 14.0. The summed E-state index contributed by atoms with van der Waals surface area (Å²) in [5, 5.41) is 4.38. The second kappa shape index (κ2) is 5.71. The minimum Gasteiger partial charge on any atom is -0.335 e. The number of nitrogens with one attached hydrogen (secondary N) is 1. The summed E-state index contributed by atoms with van der Waals surface area (Å²) >= 11 is 7.51. The maximum Gasteiger partial charge on any atom is 0.161 e. The van der Waals surface area contributed by atoms with E-state index in [1.165, 1.54) is 12.1 Å². The summed E-state index contributed by atoms with van der Waals surface area (Å²) in [5.41, 5.74) is 0.791. The standard InChI is InChI=1S/C14H18ClFN2S/c1-14(2,3)12-4-5-19-13(18-12)17-11-7-9(15)6-10(16)8-11/h6-8,12H,4-5H2,1-3H3,(H,17,18). The number of nitrogens with zero attached hydrogens (tertiary/aromatic N) is 1. The summed E-state index contributed by atoms with van der Waals surface area (Å²) in [6.45, 7) is 6.56. The predicted octanol–water partition coefficient (Wildman–Crippen LogP) is 4.80. The van der Waals surface area contributed by atoms with Gasteiger partial charge in [0, 0.05) is 16.5 Å². The maximum atomic E-state index is 13.3. The largest absolute Gasteiger partial charge is 0.335 e. The van der Waals surface area contributed by atoms with Crippen molar-refractivity contribution in [2.75, 3.05) is 11.1 Å². The van der Waals surface area contributed by atoms with E-state index in [4.69, 9.17) is 16.6 Å². The highest BCUT2D eigenvalue weighted by molar-refractivity contribution is 8.14. The summed E-state index contributed by atoms with van der Waals surface area (Å²) in [6, 6.07) is 4.71. The Morgan fingerprint density at radius 2 is 2.11 bits per heavy atom. The third-order valence-corrected chi connectivity index (χ3v) is 4.16. The van der Waals surface area contributed by atoms with Gasteiger partial charge in [-0.25, -0.2) is 4.39 Å². The van der Waals surface area contributed by atoms with Gasteiger partial charge in [-0.15, -0.1) is 0 Å². The molecule has 1 atom stereocenters. The van der Waals surface area contributed by atoms with Crippen LogP contribution in [-0.2, 0) is 0 Å². The molecule has 1 aromatic rings. The summed E-state index contributed by atoms with van der Waals surface area (Å²) in [7, 11) is 0. The molecule has 0 aromatic heterocycles. The molecule has 1 aliphatic rings. The first kappa shape index (κ1) is 14.7. The Morgan fingerprint density at radius 1 is 1.37 bits per heavy atom. The van der Waals surface area contributed by atoms with Crippen LogP contribution in [0.3, 0.4) is 0 Å². The molecule has 1 unspecified atom stereocenters. The number of rotatable bonds is 1. The zero-order valence-electron chi connectivity index (χ0n) is 11.3. The number of hydrogen-bond acceptors (Lipinski definition) is 3. The molecule has 1 aromatic carbocycles. The lowest BCUT2D eigenvalue weighted by Crippen LogP contribution is -2.30. The van der Waals surface area contributed by atoms with Gasteiger partial charge in [0.25, 0.3) is 0 Å². The molecule has 5 heteroatoms. The van der Waals surface area contributed by atoms with Crippen molar-refractivity contribution in [2.45, 2.75) is 33.2 Å². The van der Waals surface area contributed by atoms with Crippen LogP contribution in [0.4, 0.5) is 10.1 Å². The highest BCUT2D eigenvalue weighted by Gasteiger charge is 2.27. The van der Waals surface area contributed by atoms with Crippen molar-refractivity contribution in [3.63, 3.8) is 0 Å². The van der Waals surface area contributed by atoms with E-state index >= 15 is 0 Å². The van der Waals surface area contributed by atoms with Crippen LogP contribution >= 0.6 is 23.4 Å². The quantitative estimate of drug-likeness (QED) is 0.805. The molecule has 2 rings (SSSR count). The van der Waals surface area contributed by atoms with E-state index in [0.29, 0.717) is 16.8 Å². The molecule has 0 radical (unpaired) electrons. The predicted molar refractivity (Wildman–Crippen MR) is 82.8 cm³/mol. The first-order chi connectivity index (χ1) is 8.84. The molecular formula is C14H18ClFN2S. The second-order valence-electron chi connectivity index (χ2n) is 5.74. The zero-order valence-corrected chi connectivity index (χ0v) is 12.9. The van der Waals surface area contributed by atoms with Gasteiger partial charge in [0.15, 0.2) is 5.17 Å². The monoisotopic (exact) mass is 300 g/mol. The molecule has 0 fully saturated rings. The van der Waals surface area contributed by atoms with Gasteiger partial charge in [-0.3, -0.25) is 4.99 Å². The SMILES string of the molecule is CC(C)(C)C1CCSC(Nc2cc(F)cc(Cl)c2)=N1. The van der Waals surface area contributed by atoms with Crippen molar-refractivity contribution in [2.24, 2.45) is 10.4 Å². The van der Waals surface area contributed by atoms with Crippen LogP contribution in [0.25, 0.3) is 0 Å². The molecule has 2 nitrogen and oxygen atoms in total. The summed E-state index contributed by atoms with van der Waals surface area (Å²) < 4.78 is 13.3. The molecule has 104 valence electrons. The van der Waals surface area contributed by atoms with Crippen molar-refractivity contribution in [1.82, 2.24) is 0 Å². The van der Waals surface area contributed by atoms with Crippen LogP contribution in [0.5, 0.6) is 0 Å². The molecule has 1 heterocycles.